The summed E-state index contributed by atoms with van der Waals surface area (Å²) in [6.07, 6.45) is 0.970. The molecule has 33 heavy (non-hydrogen) atoms. The number of hydrogen-bond donors (Lipinski definition) is 0. The molecule has 8 nitrogen and oxygen atoms in total. The van der Waals surface area contributed by atoms with Crippen LogP contribution in [0.5, 0.6) is 5.75 Å². The molecule has 176 valence electrons. The summed E-state index contributed by atoms with van der Waals surface area (Å²) < 4.78 is 37.8. The van der Waals surface area contributed by atoms with Gasteiger partial charge in [-0.1, -0.05) is 12.1 Å². The van der Waals surface area contributed by atoms with Gasteiger partial charge in [-0.05, 0) is 41.5 Å². The Morgan fingerprint density at radius 3 is 2.33 bits per heavy atom. The molecule has 2 saturated heterocycles. The number of rotatable bonds is 5. The van der Waals surface area contributed by atoms with E-state index < -0.39 is 10.0 Å². The van der Waals surface area contributed by atoms with E-state index >= 15 is 0 Å². The van der Waals surface area contributed by atoms with Crippen molar-refractivity contribution in [2.75, 3.05) is 59.1 Å². The van der Waals surface area contributed by atoms with Gasteiger partial charge in [-0.15, -0.1) is 0 Å². The molecule has 3 aliphatic rings. The number of morpholine rings is 1. The van der Waals surface area contributed by atoms with Crippen LogP contribution in [0.15, 0.2) is 47.4 Å². The van der Waals surface area contributed by atoms with Gasteiger partial charge in [0, 0.05) is 57.8 Å². The molecule has 3 heterocycles. The van der Waals surface area contributed by atoms with Gasteiger partial charge < -0.3 is 14.4 Å². The molecule has 1 amide bonds. The van der Waals surface area contributed by atoms with Gasteiger partial charge in [0.1, 0.15) is 5.75 Å². The minimum absolute atomic E-state index is 0.0559. The van der Waals surface area contributed by atoms with Crippen molar-refractivity contribution >= 4 is 15.9 Å². The van der Waals surface area contributed by atoms with Crippen molar-refractivity contribution in [3.05, 3.63) is 59.2 Å². The first-order chi connectivity index (χ1) is 16.0. The fourth-order valence-corrected chi connectivity index (χ4v) is 6.00. The highest BCUT2D eigenvalue weighted by Crippen LogP contribution is 2.26. The molecule has 0 N–H and O–H groups in total. The smallest absolute Gasteiger partial charge is 0.253 e. The van der Waals surface area contributed by atoms with Crippen LogP contribution in [0.2, 0.25) is 0 Å². The molecule has 3 aliphatic heterocycles. The summed E-state index contributed by atoms with van der Waals surface area (Å²) in [6.45, 7) is 6.07. The first-order valence-corrected chi connectivity index (χ1v) is 12.9. The number of ether oxygens (including phenoxy) is 2. The number of fused-ring (bicyclic) bond motifs is 1. The standard InChI is InChI=1S/C24H29N3O5S/c28-24(20-2-4-22(5-3-20)33(29,30)27-12-15-31-16-13-27)26-10-8-25(9-11-26)18-19-1-6-23-21(17-19)7-14-32-23/h1-6,17H,7-16,18H2. The van der Waals surface area contributed by atoms with Crippen LogP contribution in [0.25, 0.3) is 0 Å². The second-order valence-corrected chi connectivity index (χ2v) is 10.6. The van der Waals surface area contributed by atoms with E-state index in [2.05, 4.69) is 23.1 Å². The monoisotopic (exact) mass is 471 g/mol. The number of carbonyl (C=O) groups excluding carboxylic acids is 1. The summed E-state index contributed by atoms with van der Waals surface area (Å²) in [4.78, 5) is 17.4. The number of nitrogens with zero attached hydrogens (tertiary/aromatic N) is 3. The van der Waals surface area contributed by atoms with Crippen LogP contribution in [-0.4, -0.2) is 87.5 Å². The topological polar surface area (TPSA) is 79.4 Å². The Morgan fingerprint density at radius 2 is 1.61 bits per heavy atom. The van der Waals surface area contributed by atoms with Crippen molar-refractivity contribution in [3.63, 3.8) is 0 Å². The minimum atomic E-state index is -3.56. The lowest BCUT2D eigenvalue weighted by Crippen LogP contribution is -2.48. The molecule has 0 unspecified atom stereocenters. The van der Waals surface area contributed by atoms with Crippen LogP contribution in [0.4, 0.5) is 0 Å². The van der Waals surface area contributed by atoms with Gasteiger partial charge in [-0.3, -0.25) is 9.69 Å². The maximum Gasteiger partial charge on any atom is 0.253 e. The second kappa shape index (κ2) is 9.42. The third kappa shape index (κ3) is 4.77. The van der Waals surface area contributed by atoms with Gasteiger partial charge in [-0.25, -0.2) is 8.42 Å². The molecule has 0 aromatic heterocycles. The molecule has 0 atom stereocenters. The highest BCUT2D eigenvalue weighted by atomic mass is 32.2. The predicted molar refractivity (Wildman–Crippen MR) is 123 cm³/mol. The molecular weight excluding hydrogens is 442 g/mol. The largest absolute Gasteiger partial charge is 0.493 e. The fourth-order valence-electron chi connectivity index (χ4n) is 4.59. The summed E-state index contributed by atoms with van der Waals surface area (Å²) in [6, 6.07) is 12.7. The molecule has 0 aliphatic carbocycles. The van der Waals surface area contributed by atoms with Gasteiger partial charge >= 0.3 is 0 Å². The molecule has 0 bridgehead atoms. The van der Waals surface area contributed by atoms with Crippen LogP contribution < -0.4 is 4.74 Å². The van der Waals surface area contributed by atoms with E-state index in [1.807, 2.05) is 4.90 Å². The molecule has 9 heteroatoms. The zero-order valence-electron chi connectivity index (χ0n) is 18.6. The van der Waals surface area contributed by atoms with Crippen LogP contribution >= 0.6 is 0 Å². The van der Waals surface area contributed by atoms with Crippen molar-refractivity contribution in [2.24, 2.45) is 0 Å². The highest BCUT2D eigenvalue weighted by molar-refractivity contribution is 7.89. The fraction of sp³-hybridized carbons (Fsp3) is 0.458. The minimum Gasteiger partial charge on any atom is -0.493 e. The van der Waals surface area contributed by atoms with E-state index in [0.29, 0.717) is 45.0 Å². The molecule has 0 radical (unpaired) electrons. The van der Waals surface area contributed by atoms with Crippen LogP contribution in [0, 0.1) is 0 Å². The third-order valence-electron chi connectivity index (χ3n) is 6.53. The maximum absolute atomic E-state index is 13.0. The SMILES string of the molecule is O=C(c1ccc(S(=O)(=O)N2CCOCC2)cc1)N1CCN(Cc2ccc3c(c2)CCO3)CC1. The number of carbonyl (C=O) groups is 1. The third-order valence-corrected chi connectivity index (χ3v) is 8.44. The molecule has 0 spiro atoms. The summed E-state index contributed by atoms with van der Waals surface area (Å²) in [7, 11) is -3.56. The lowest BCUT2D eigenvalue weighted by Gasteiger charge is -2.35. The van der Waals surface area contributed by atoms with Crippen molar-refractivity contribution in [3.8, 4) is 5.75 Å². The van der Waals surface area contributed by atoms with Crippen molar-refractivity contribution in [1.29, 1.82) is 0 Å². The molecular formula is C24H29N3O5S. The molecule has 2 aromatic rings. The van der Waals surface area contributed by atoms with E-state index in [-0.39, 0.29) is 10.8 Å². The number of piperazine rings is 1. The number of sulfonamides is 1. The normalized spacial score (nSPS) is 19.8. The lowest BCUT2D eigenvalue weighted by molar-refractivity contribution is 0.0628. The summed E-state index contributed by atoms with van der Waals surface area (Å²) in [5.41, 5.74) is 3.07. The van der Waals surface area contributed by atoms with Crippen molar-refractivity contribution < 1.29 is 22.7 Å². The Hall–Kier alpha value is -2.46. The number of benzene rings is 2. The Bertz CT molecular complexity index is 1110. The van der Waals surface area contributed by atoms with Gasteiger partial charge in [0.2, 0.25) is 10.0 Å². The molecule has 5 rings (SSSR count). The van der Waals surface area contributed by atoms with Crippen LogP contribution in [0.1, 0.15) is 21.5 Å². The Morgan fingerprint density at radius 1 is 0.879 bits per heavy atom. The Kier molecular flexibility index (Phi) is 6.38. The number of amides is 1. The maximum atomic E-state index is 13.0. The first-order valence-electron chi connectivity index (χ1n) is 11.4. The molecule has 0 saturated carbocycles. The lowest BCUT2D eigenvalue weighted by atomic mass is 10.1. The first kappa shape index (κ1) is 22.3. The highest BCUT2D eigenvalue weighted by Gasteiger charge is 2.27. The zero-order valence-corrected chi connectivity index (χ0v) is 19.4. The quantitative estimate of drug-likeness (QED) is 0.659. The molecule has 2 fully saturated rings. The molecule has 2 aromatic carbocycles. The van der Waals surface area contributed by atoms with Gasteiger partial charge in [0.05, 0.1) is 24.7 Å². The van der Waals surface area contributed by atoms with E-state index in [1.54, 1.807) is 12.1 Å². The van der Waals surface area contributed by atoms with Crippen molar-refractivity contribution in [2.45, 2.75) is 17.9 Å². The Balaban J connectivity index is 1.17. The van der Waals surface area contributed by atoms with Gasteiger partial charge in [0.25, 0.3) is 5.91 Å². The van der Waals surface area contributed by atoms with Crippen LogP contribution in [0.3, 0.4) is 0 Å². The summed E-state index contributed by atoms with van der Waals surface area (Å²) in [5.74, 6) is 0.942. The Labute approximate surface area is 194 Å². The van der Waals surface area contributed by atoms with Crippen molar-refractivity contribution in [1.82, 2.24) is 14.1 Å². The van der Waals surface area contributed by atoms with E-state index in [4.69, 9.17) is 9.47 Å². The predicted octanol–water partition coefficient (Wildman–Crippen LogP) is 1.60. The summed E-state index contributed by atoms with van der Waals surface area (Å²) in [5, 5.41) is 0. The van der Waals surface area contributed by atoms with Gasteiger partial charge in [-0.2, -0.15) is 4.31 Å². The number of hydrogen-bond acceptors (Lipinski definition) is 6. The van der Waals surface area contributed by atoms with Gasteiger partial charge in [0.15, 0.2) is 0 Å². The summed E-state index contributed by atoms with van der Waals surface area (Å²) >= 11 is 0. The van der Waals surface area contributed by atoms with E-state index in [9.17, 15) is 13.2 Å². The average molecular weight is 472 g/mol. The van der Waals surface area contributed by atoms with E-state index in [0.717, 1.165) is 38.4 Å². The van der Waals surface area contributed by atoms with E-state index in [1.165, 1.54) is 27.6 Å². The van der Waals surface area contributed by atoms with Crippen LogP contribution in [-0.2, 0) is 27.7 Å². The zero-order chi connectivity index (χ0) is 22.8. The average Bonchev–Trinajstić information content (AvgIpc) is 3.33. The second-order valence-electron chi connectivity index (χ2n) is 8.65.